The normalized spacial score (nSPS) is 17.1. The van der Waals surface area contributed by atoms with E-state index in [1.54, 1.807) is 13.1 Å². The molecule has 1 fully saturated rings. The number of aromatic nitrogens is 3. The molecule has 0 aliphatic carbocycles. The maximum atomic E-state index is 12.9. The molecule has 0 bridgehead atoms. The molecule has 9 nitrogen and oxygen atoms in total. The van der Waals surface area contributed by atoms with Gasteiger partial charge in [-0.15, -0.1) is 0 Å². The van der Waals surface area contributed by atoms with Crippen LogP contribution in [0.2, 0.25) is 5.15 Å². The van der Waals surface area contributed by atoms with Crippen LogP contribution in [0.15, 0.2) is 54.9 Å². The fraction of sp³-hybridized carbons (Fsp3) is 0.333. The summed E-state index contributed by atoms with van der Waals surface area (Å²) in [6.07, 6.45) is 5.54. The highest BCUT2D eigenvalue weighted by atomic mass is 35.5. The summed E-state index contributed by atoms with van der Waals surface area (Å²) in [7, 11) is 0. The molecule has 206 valence electrons. The van der Waals surface area contributed by atoms with Gasteiger partial charge in [-0.3, -0.25) is 9.59 Å². The van der Waals surface area contributed by atoms with Gasteiger partial charge < -0.3 is 24.3 Å². The lowest BCUT2D eigenvalue weighted by Crippen LogP contribution is -2.40. The Balaban J connectivity index is 1.14. The molecule has 0 unspecified atom stereocenters. The average molecular weight is 559 g/mol. The third kappa shape index (κ3) is 5.26. The van der Waals surface area contributed by atoms with Crippen molar-refractivity contribution in [2.45, 2.75) is 39.2 Å². The molecular formula is C30H31ClN6O3. The summed E-state index contributed by atoms with van der Waals surface area (Å²) in [5.41, 5.74) is 6.34. The summed E-state index contributed by atoms with van der Waals surface area (Å²) in [6, 6.07) is 14.3. The maximum absolute atomic E-state index is 12.9. The van der Waals surface area contributed by atoms with Crippen molar-refractivity contribution >= 4 is 46.3 Å². The third-order valence-electron chi connectivity index (χ3n) is 7.55. The number of fused-ring (bicyclic) bond motifs is 2. The fourth-order valence-corrected chi connectivity index (χ4v) is 5.79. The lowest BCUT2D eigenvalue weighted by atomic mass is 9.93. The lowest BCUT2D eigenvalue weighted by molar-refractivity contribution is -0.117. The Kier molecular flexibility index (Phi) is 7.16. The number of ether oxygens (including phenoxy) is 1. The van der Waals surface area contributed by atoms with Gasteiger partial charge in [-0.1, -0.05) is 29.8 Å². The van der Waals surface area contributed by atoms with E-state index in [9.17, 15) is 9.59 Å². The van der Waals surface area contributed by atoms with Crippen LogP contribution in [0, 0.1) is 0 Å². The van der Waals surface area contributed by atoms with Gasteiger partial charge in [0.2, 0.25) is 11.8 Å². The van der Waals surface area contributed by atoms with Crippen LogP contribution in [0.4, 0.5) is 17.2 Å². The van der Waals surface area contributed by atoms with Gasteiger partial charge in [-0.2, -0.15) is 0 Å². The molecule has 0 spiro atoms. The van der Waals surface area contributed by atoms with Gasteiger partial charge in [0.25, 0.3) is 0 Å². The van der Waals surface area contributed by atoms with Crippen LogP contribution in [0.5, 0.6) is 0 Å². The summed E-state index contributed by atoms with van der Waals surface area (Å²) in [4.78, 5) is 38.2. The van der Waals surface area contributed by atoms with Crippen molar-refractivity contribution in [3.63, 3.8) is 0 Å². The molecule has 4 heterocycles. The molecule has 2 amide bonds. The second-order valence-electron chi connectivity index (χ2n) is 10.4. The molecule has 2 aromatic heterocycles. The van der Waals surface area contributed by atoms with Crippen LogP contribution >= 0.6 is 11.6 Å². The number of hydrogen-bond donors (Lipinski definition) is 1. The molecule has 6 rings (SSSR count). The van der Waals surface area contributed by atoms with E-state index in [1.165, 1.54) is 5.56 Å². The van der Waals surface area contributed by atoms with Crippen LogP contribution < -0.4 is 15.1 Å². The average Bonchev–Trinajstić information content (AvgIpc) is 3.34. The number of carbonyl (C=O) groups is 2. The maximum Gasteiger partial charge on any atom is 0.230 e. The number of nitrogens with one attached hydrogen (secondary N) is 1. The highest BCUT2D eigenvalue weighted by Gasteiger charge is 2.26. The molecular weight excluding hydrogens is 528 g/mol. The van der Waals surface area contributed by atoms with Gasteiger partial charge in [-0.25, -0.2) is 9.97 Å². The topological polar surface area (TPSA) is 92.1 Å². The number of aryl methyl sites for hydroxylation is 1. The predicted octanol–water partition coefficient (Wildman–Crippen LogP) is 4.76. The molecule has 2 aliphatic rings. The first-order valence-electron chi connectivity index (χ1n) is 13.6. The van der Waals surface area contributed by atoms with E-state index in [-0.39, 0.29) is 24.3 Å². The quantitative estimate of drug-likeness (QED) is 0.380. The number of amides is 2. The number of imidazole rings is 1. The number of morpholine rings is 1. The minimum Gasteiger partial charge on any atom is -0.378 e. The van der Waals surface area contributed by atoms with E-state index >= 15 is 0 Å². The predicted molar refractivity (Wildman–Crippen MR) is 156 cm³/mol. The smallest absolute Gasteiger partial charge is 0.230 e. The number of rotatable bonds is 5. The fourth-order valence-electron chi connectivity index (χ4n) is 5.60. The van der Waals surface area contributed by atoms with Crippen molar-refractivity contribution in [3.8, 4) is 11.1 Å². The van der Waals surface area contributed by atoms with Crippen LogP contribution in [0.25, 0.3) is 16.8 Å². The highest BCUT2D eigenvalue weighted by Crippen LogP contribution is 2.34. The molecule has 1 saturated heterocycles. The molecule has 4 aromatic rings. The van der Waals surface area contributed by atoms with Gasteiger partial charge in [0, 0.05) is 49.8 Å². The number of anilines is 3. The van der Waals surface area contributed by atoms with Gasteiger partial charge in [0.1, 0.15) is 5.15 Å². The Morgan fingerprint density at radius 2 is 1.80 bits per heavy atom. The van der Waals surface area contributed by atoms with E-state index in [0.717, 1.165) is 29.7 Å². The standard InChI is InChI=1S/C30H31ClN6O3/c1-19-3-4-23-15-22(7-10-26(23)37(19)20(2)38)21-5-8-24(9-6-21)32-28(39)16-25-17-36-18-27(31)34-30(29(36)33-25)35-11-13-40-14-12-35/h5-10,15,17-19H,3-4,11-14,16H2,1-2H3,(H,32,39)/t19-/m0/s1. The first-order valence-corrected chi connectivity index (χ1v) is 13.9. The number of hydrogen-bond acceptors (Lipinski definition) is 6. The van der Waals surface area contributed by atoms with Crippen molar-refractivity contribution in [1.82, 2.24) is 14.4 Å². The van der Waals surface area contributed by atoms with Crippen LogP contribution in [0.3, 0.4) is 0 Å². The summed E-state index contributed by atoms with van der Waals surface area (Å²) < 4.78 is 7.28. The SMILES string of the molecule is CC(=O)N1c2ccc(-c3ccc(NC(=O)Cc4cn5cc(Cl)nc(N6CCOCC6)c5n4)cc3)cc2CC[C@@H]1C. The Hall–Kier alpha value is -3.95. The first-order chi connectivity index (χ1) is 19.4. The molecule has 0 radical (unpaired) electrons. The van der Waals surface area contributed by atoms with Gasteiger partial charge in [0.15, 0.2) is 11.5 Å². The van der Waals surface area contributed by atoms with Crippen molar-refractivity contribution in [2.75, 3.05) is 41.4 Å². The van der Waals surface area contributed by atoms with E-state index in [0.29, 0.717) is 54.3 Å². The van der Waals surface area contributed by atoms with Gasteiger partial charge in [-0.05, 0) is 60.7 Å². The zero-order valence-electron chi connectivity index (χ0n) is 22.6. The summed E-state index contributed by atoms with van der Waals surface area (Å²) in [6.45, 7) is 6.39. The Bertz CT molecular complexity index is 1580. The Morgan fingerprint density at radius 3 is 2.55 bits per heavy atom. The van der Waals surface area contributed by atoms with Crippen LogP contribution in [-0.4, -0.2) is 58.5 Å². The molecule has 0 saturated carbocycles. The highest BCUT2D eigenvalue weighted by molar-refractivity contribution is 6.29. The minimum atomic E-state index is -0.157. The van der Waals surface area contributed by atoms with Gasteiger partial charge >= 0.3 is 0 Å². The summed E-state index contributed by atoms with van der Waals surface area (Å²) in [5, 5.41) is 3.34. The zero-order chi connectivity index (χ0) is 27.8. The van der Waals surface area contributed by atoms with E-state index < -0.39 is 0 Å². The summed E-state index contributed by atoms with van der Waals surface area (Å²) >= 11 is 6.27. The molecule has 10 heteroatoms. The first kappa shape index (κ1) is 26.3. The third-order valence-corrected chi connectivity index (χ3v) is 7.73. The minimum absolute atomic E-state index is 0.0722. The van der Waals surface area contributed by atoms with Crippen LogP contribution in [-0.2, 0) is 27.2 Å². The zero-order valence-corrected chi connectivity index (χ0v) is 23.3. The Morgan fingerprint density at radius 1 is 1.05 bits per heavy atom. The number of halogens is 1. The number of nitrogens with zero attached hydrogens (tertiary/aromatic N) is 5. The summed E-state index contributed by atoms with van der Waals surface area (Å²) in [5.74, 6) is 0.613. The van der Waals surface area contributed by atoms with Crippen molar-refractivity contribution < 1.29 is 14.3 Å². The van der Waals surface area contributed by atoms with Crippen molar-refractivity contribution in [2.24, 2.45) is 0 Å². The largest absolute Gasteiger partial charge is 0.378 e. The molecule has 1 N–H and O–H groups in total. The van der Waals surface area contributed by atoms with E-state index in [2.05, 4.69) is 34.3 Å². The van der Waals surface area contributed by atoms with Gasteiger partial charge in [0.05, 0.1) is 25.3 Å². The monoisotopic (exact) mass is 558 g/mol. The molecule has 2 aromatic carbocycles. The molecule has 2 aliphatic heterocycles. The second kappa shape index (κ2) is 10.9. The second-order valence-corrected chi connectivity index (χ2v) is 10.8. The number of benzene rings is 2. The molecule has 40 heavy (non-hydrogen) atoms. The van der Waals surface area contributed by atoms with Crippen molar-refractivity contribution in [3.05, 3.63) is 71.3 Å². The van der Waals surface area contributed by atoms with Crippen molar-refractivity contribution in [1.29, 1.82) is 0 Å². The van der Waals surface area contributed by atoms with E-state index in [4.69, 9.17) is 21.3 Å². The lowest BCUT2D eigenvalue weighted by Gasteiger charge is -2.34. The number of carbonyl (C=O) groups excluding carboxylic acids is 2. The Labute approximate surface area is 237 Å². The molecule has 1 atom stereocenters. The van der Waals surface area contributed by atoms with Crippen LogP contribution in [0.1, 0.15) is 31.5 Å². The van der Waals surface area contributed by atoms with E-state index in [1.807, 2.05) is 45.8 Å².